The quantitative estimate of drug-likeness (QED) is 0.438. The van der Waals surface area contributed by atoms with Gasteiger partial charge in [0.15, 0.2) is 0 Å². The van der Waals surface area contributed by atoms with Gasteiger partial charge in [-0.2, -0.15) is 13.5 Å². The molecule has 0 bridgehead atoms. The number of carbonyl (C=O) groups excluding carboxylic acids is 1. The predicted molar refractivity (Wildman–Crippen MR) is 34.7 cm³/mol. The highest BCUT2D eigenvalue weighted by Crippen LogP contribution is 1.94. The zero-order valence-corrected chi connectivity index (χ0v) is 6.02. The minimum absolute atomic E-state index is 0.567. The van der Waals surface area contributed by atoms with Gasteiger partial charge in [0.1, 0.15) is 0 Å². The molecule has 0 atom stereocenters. The third-order valence-electron chi connectivity index (χ3n) is 0.869. The average molecular weight is 173 g/mol. The molecule has 0 fully saturated rings. The lowest BCUT2D eigenvalue weighted by Crippen LogP contribution is -2.09. The van der Waals surface area contributed by atoms with Crippen LogP contribution < -0.4 is 0 Å². The Hall–Kier alpha value is -1.46. The van der Waals surface area contributed by atoms with Crippen molar-refractivity contribution in [3.05, 3.63) is 18.5 Å². The molecule has 0 aliphatic carbocycles. The van der Waals surface area contributed by atoms with Crippen LogP contribution in [0.25, 0.3) is 0 Å². The summed E-state index contributed by atoms with van der Waals surface area (Å²) >= 11 is 0. The summed E-state index contributed by atoms with van der Waals surface area (Å²) in [5.74, 6) is 0. The number of rotatable bonds is 2. The highest BCUT2D eigenvalue weighted by atomic mass is 32.2. The van der Waals surface area contributed by atoms with Crippen LogP contribution in [0, 0.1) is 0 Å². The second-order valence-corrected chi connectivity index (χ2v) is 2.99. The van der Waals surface area contributed by atoms with Gasteiger partial charge in [0, 0.05) is 6.20 Å². The summed E-state index contributed by atoms with van der Waals surface area (Å²) in [6.07, 6.45) is 3.35. The minimum Gasteiger partial charge on any atom is -0.210 e. The first-order valence-electron chi connectivity index (χ1n) is 2.51. The first-order valence-corrected chi connectivity index (χ1v) is 3.91. The third kappa shape index (κ3) is 1.51. The van der Waals surface area contributed by atoms with Crippen LogP contribution in [0.3, 0.4) is 0 Å². The van der Waals surface area contributed by atoms with Gasteiger partial charge < -0.3 is 0 Å². The Morgan fingerprint density at radius 2 is 2.27 bits per heavy atom. The van der Waals surface area contributed by atoms with Gasteiger partial charge in [0.25, 0.3) is 6.08 Å². The maximum Gasteiger partial charge on any atom is 0.374 e. The molecular weight excluding hydrogens is 170 g/mol. The van der Waals surface area contributed by atoms with Crippen molar-refractivity contribution in [1.82, 2.24) is 9.19 Å². The molecule has 0 radical (unpaired) electrons. The Balaban J connectivity index is 3.22. The fraction of sp³-hybridized carbons (Fsp3) is 0. The number of nitrogens with zero attached hydrogens (tertiary/aromatic N) is 3. The second kappa shape index (κ2) is 2.65. The maximum absolute atomic E-state index is 10.8. The number of hydrogen-bond donors (Lipinski definition) is 0. The van der Waals surface area contributed by atoms with E-state index in [1.807, 2.05) is 0 Å². The largest absolute Gasteiger partial charge is 0.374 e. The van der Waals surface area contributed by atoms with Gasteiger partial charge in [-0.3, -0.25) is 0 Å². The first-order chi connectivity index (χ1) is 5.17. The van der Waals surface area contributed by atoms with E-state index >= 15 is 0 Å². The van der Waals surface area contributed by atoms with Crippen LogP contribution in [0.4, 0.5) is 0 Å². The Kier molecular flexibility index (Phi) is 1.84. The lowest BCUT2D eigenvalue weighted by atomic mass is 10.8. The Morgan fingerprint density at radius 3 is 2.73 bits per heavy atom. The molecule has 0 saturated heterocycles. The van der Waals surface area contributed by atoms with E-state index in [2.05, 4.69) is 9.50 Å². The van der Waals surface area contributed by atoms with Crippen LogP contribution in [0.5, 0.6) is 0 Å². The van der Waals surface area contributed by atoms with Crippen LogP contribution in [0.2, 0.25) is 0 Å². The summed E-state index contributed by atoms with van der Waals surface area (Å²) in [5, 5.41) is 3.36. The molecule has 1 rings (SSSR count). The lowest BCUT2D eigenvalue weighted by Gasteiger charge is -1.91. The molecule has 0 aromatic carbocycles. The van der Waals surface area contributed by atoms with Crippen molar-refractivity contribution in [3.8, 4) is 0 Å². The van der Waals surface area contributed by atoms with Gasteiger partial charge in [-0.1, -0.05) is 4.40 Å². The Bertz CT molecular complexity index is 373. The maximum atomic E-state index is 10.8. The first kappa shape index (κ1) is 7.64. The van der Waals surface area contributed by atoms with Gasteiger partial charge in [0.05, 0.1) is 6.20 Å². The van der Waals surface area contributed by atoms with Crippen molar-refractivity contribution >= 4 is 16.3 Å². The van der Waals surface area contributed by atoms with Gasteiger partial charge in [-0.05, 0) is 6.07 Å². The number of isocyanates is 1. The number of hydrogen-bond acceptors (Lipinski definition) is 4. The molecule has 1 aromatic heterocycles. The standard InChI is InChI=1S/C4H3N3O3S/c8-4-6-11(9,10)7-3-1-2-5-7/h1-3H. The van der Waals surface area contributed by atoms with E-state index in [9.17, 15) is 13.2 Å². The summed E-state index contributed by atoms with van der Waals surface area (Å²) < 4.78 is 24.7. The normalized spacial score (nSPS) is 10.5. The molecule has 0 saturated carbocycles. The molecule has 1 aromatic rings. The van der Waals surface area contributed by atoms with Crippen molar-refractivity contribution in [2.24, 2.45) is 4.40 Å². The minimum atomic E-state index is -3.96. The fourth-order valence-corrected chi connectivity index (χ4v) is 1.06. The summed E-state index contributed by atoms with van der Waals surface area (Å²) in [4.78, 5) is 9.60. The lowest BCUT2D eigenvalue weighted by molar-refractivity contribution is 0.561. The average Bonchev–Trinajstić information content (AvgIpc) is 2.37. The van der Waals surface area contributed by atoms with Crippen molar-refractivity contribution in [3.63, 3.8) is 0 Å². The van der Waals surface area contributed by atoms with Gasteiger partial charge >= 0.3 is 10.2 Å². The van der Waals surface area contributed by atoms with Crippen LogP contribution >= 0.6 is 0 Å². The van der Waals surface area contributed by atoms with E-state index < -0.39 is 10.2 Å². The van der Waals surface area contributed by atoms with Crippen molar-refractivity contribution in [1.29, 1.82) is 0 Å². The van der Waals surface area contributed by atoms with E-state index in [0.717, 1.165) is 12.3 Å². The van der Waals surface area contributed by atoms with E-state index in [1.165, 1.54) is 12.3 Å². The predicted octanol–water partition coefficient (Wildman–Crippen LogP) is -0.688. The monoisotopic (exact) mass is 173 g/mol. The van der Waals surface area contributed by atoms with Crippen LogP contribution in [-0.2, 0) is 15.0 Å². The highest BCUT2D eigenvalue weighted by Gasteiger charge is 2.09. The molecule has 6 nitrogen and oxygen atoms in total. The molecule has 58 valence electrons. The summed E-state index contributed by atoms with van der Waals surface area (Å²) in [5.41, 5.74) is 0. The van der Waals surface area contributed by atoms with Crippen molar-refractivity contribution in [2.45, 2.75) is 0 Å². The number of aromatic nitrogens is 2. The molecule has 0 N–H and O–H groups in total. The SMILES string of the molecule is O=C=NS(=O)(=O)n1cccn1. The molecule has 0 spiro atoms. The third-order valence-corrected chi connectivity index (χ3v) is 1.86. The smallest absolute Gasteiger partial charge is 0.210 e. The second-order valence-electron chi connectivity index (χ2n) is 1.54. The van der Waals surface area contributed by atoms with E-state index in [4.69, 9.17) is 0 Å². The molecule has 0 amide bonds. The zero-order chi connectivity index (χ0) is 8.32. The molecule has 11 heavy (non-hydrogen) atoms. The Morgan fingerprint density at radius 1 is 1.55 bits per heavy atom. The van der Waals surface area contributed by atoms with Crippen molar-refractivity contribution in [2.75, 3.05) is 0 Å². The van der Waals surface area contributed by atoms with E-state index in [-0.39, 0.29) is 0 Å². The Labute approximate surface area is 62.4 Å². The van der Waals surface area contributed by atoms with E-state index in [1.54, 1.807) is 0 Å². The molecule has 0 aliphatic heterocycles. The molecular formula is C4H3N3O3S. The van der Waals surface area contributed by atoms with Gasteiger partial charge in [-0.25, -0.2) is 4.79 Å². The van der Waals surface area contributed by atoms with Gasteiger partial charge in [0.2, 0.25) is 0 Å². The summed E-state index contributed by atoms with van der Waals surface area (Å²) in [6.45, 7) is 0. The van der Waals surface area contributed by atoms with Crippen LogP contribution in [-0.4, -0.2) is 23.7 Å². The molecule has 0 aliphatic rings. The highest BCUT2D eigenvalue weighted by molar-refractivity contribution is 7.88. The summed E-state index contributed by atoms with van der Waals surface area (Å²) in [6, 6.07) is 1.40. The fourth-order valence-electron chi connectivity index (χ4n) is 0.480. The topological polar surface area (TPSA) is 81.4 Å². The van der Waals surface area contributed by atoms with Crippen molar-refractivity contribution < 1.29 is 13.2 Å². The van der Waals surface area contributed by atoms with Crippen LogP contribution in [0.15, 0.2) is 22.9 Å². The van der Waals surface area contributed by atoms with E-state index in [0.29, 0.717) is 4.09 Å². The van der Waals surface area contributed by atoms with Gasteiger partial charge in [-0.15, -0.1) is 4.09 Å². The summed E-state index contributed by atoms with van der Waals surface area (Å²) in [7, 11) is -3.96. The van der Waals surface area contributed by atoms with Crippen LogP contribution in [0.1, 0.15) is 0 Å². The molecule has 7 heteroatoms. The molecule has 0 unspecified atom stereocenters. The zero-order valence-electron chi connectivity index (χ0n) is 5.21. The molecule has 1 heterocycles.